The van der Waals surface area contributed by atoms with Crippen LogP contribution in [0.2, 0.25) is 0 Å². The summed E-state index contributed by atoms with van der Waals surface area (Å²) in [6, 6.07) is 18.5. The normalized spacial score (nSPS) is 20.2. The highest BCUT2D eigenvalue weighted by Crippen LogP contribution is 2.45. The average molecular weight is 796 g/mol. The zero-order valence-corrected chi connectivity index (χ0v) is 31.7. The summed E-state index contributed by atoms with van der Waals surface area (Å²) in [7, 11) is 0. The molecule has 1 saturated heterocycles. The molecule has 58 heavy (non-hydrogen) atoms. The van der Waals surface area contributed by atoms with Crippen LogP contribution in [0.25, 0.3) is 12.2 Å². The van der Waals surface area contributed by atoms with E-state index in [0.29, 0.717) is 11.1 Å². The molecule has 5 atom stereocenters. The number of fused-ring (bicyclic) bond motifs is 2. The first-order valence-corrected chi connectivity index (χ1v) is 18.4. The predicted molar refractivity (Wildman–Crippen MR) is 212 cm³/mol. The van der Waals surface area contributed by atoms with Gasteiger partial charge in [0.05, 0.1) is 37.6 Å². The molecule has 2 aliphatic rings. The Labute approximate surface area is 333 Å². The second kappa shape index (κ2) is 17.7. The van der Waals surface area contributed by atoms with E-state index in [1.807, 2.05) is 6.07 Å². The highest BCUT2D eigenvalue weighted by atomic mass is 16.7. The van der Waals surface area contributed by atoms with Gasteiger partial charge in [0, 0.05) is 41.2 Å². The van der Waals surface area contributed by atoms with E-state index in [1.54, 1.807) is 54.6 Å². The van der Waals surface area contributed by atoms with Crippen molar-refractivity contribution in [1.82, 2.24) is 0 Å². The fourth-order valence-corrected chi connectivity index (χ4v) is 7.00. The van der Waals surface area contributed by atoms with Crippen molar-refractivity contribution < 1.29 is 53.8 Å². The monoisotopic (exact) mass is 795 g/mol. The number of hydrogen-bond acceptors (Lipinski definition) is 14. The third-order valence-corrected chi connectivity index (χ3v) is 9.81. The number of phenolic OH excluding ortho intramolecular Hbond substituents is 1. The number of phenols is 1. The van der Waals surface area contributed by atoms with E-state index in [0.717, 1.165) is 5.56 Å². The number of nitrogens with two attached hydrogens (primary N) is 4. The number of ether oxygens (including phenoxy) is 4. The van der Waals surface area contributed by atoms with Crippen molar-refractivity contribution in [1.29, 1.82) is 0 Å². The number of benzene rings is 4. The maximum absolute atomic E-state index is 14.9. The lowest BCUT2D eigenvalue weighted by Gasteiger charge is -2.41. The van der Waals surface area contributed by atoms with Crippen LogP contribution >= 0.6 is 0 Å². The Morgan fingerprint density at radius 2 is 1.67 bits per heavy atom. The van der Waals surface area contributed by atoms with Crippen LogP contribution in [-0.2, 0) is 27.3 Å². The minimum Gasteiger partial charge on any atom is -0.507 e. The minimum atomic E-state index is -1.53. The Morgan fingerprint density at radius 3 is 2.34 bits per heavy atom. The van der Waals surface area contributed by atoms with Crippen LogP contribution in [0.1, 0.15) is 85.2 Å². The van der Waals surface area contributed by atoms with Gasteiger partial charge in [0.1, 0.15) is 35.6 Å². The summed E-state index contributed by atoms with van der Waals surface area (Å²) in [6.45, 7) is 1.84. The zero-order chi connectivity index (χ0) is 41.8. The summed E-state index contributed by atoms with van der Waals surface area (Å²) in [4.78, 5) is 45.7. The van der Waals surface area contributed by atoms with Gasteiger partial charge in [-0.3, -0.25) is 19.4 Å². The molecule has 0 aromatic heterocycles. The molecule has 6 rings (SSSR count). The second-order valence-electron chi connectivity index (χ2n) is 13.9. The number of carbonyl (C=O) groups is 3. The van der Waals surface area contributed by atoms with Gasteiger partial charge in [-0.2, -0.15) is 0 Å². The van der Waals surface area contributed by atoms with Gasteiger partial charge in [0.25, 0.3) is 0 Å². The van der Waals surface area contributed by atoms with E-state index in [4.69, 9.17) is 41.9 Å². The molecule has 4 aromatic carbocycles. The first-order chi connectivity index (χ1) is 27.7. The lowest BCUT2D eigenvalue weighted by molar-refractivity contribution is -0.278. The molecule has 0 radical (unpaired) electrons. The Kier molecular flexibility index (Phi) is 12.7. The van der Waals surface area contributed by atoms with Gasteiger partial charge < -0.3 is 62.3 Å². The van der Waals surface area contributed by atoms with Crippen LogP contribution in [0.15, 0.2) is 71.7 Å². The highest BCUT2D eigenvalue weighted by Gasteiger charge is 2.46. The van der Waals surface area contributed by atoms with E-state index in [9.17, 15) is 34.8 Å². The molecule has 12 N–H and O–H groups in total. The van der Waals surface area contributed by atoms with E-state index < -0.39 is 66.8 Å². The molecule has 1 heterocycles. The smallest absolute Gasteiger partial charge is 0.308 e. The molecule has 16 heteroatoms. The van der Waals surface area contributed by atoms with Crippen molar-refractivity contribution in [2.24, 2.45) is 27.9 Å². The number of hydrogen-bond donors (Lipinski definition) is 8. The number of carbonyl (C=O) groups excluding carboxylic acids is 3. The van der Waals surface area contributed by atoms with Gasteiger partial charge in [0.2, 0.25) is 6.29 Å². The van der Waals surface area contributed by atoms with Gasteiger partial charge in [-0.1, -0.05) is 60.7 Å². The number of ketones is 2. The molecule has 0 unspecified atom stereocenters. The van der Waals surface area contributed by atoms with Crippen LogP contribution in [0, 0.1) is 0 Å². The maximum atomic E-state index is 14.9. The van der Waals surface area contributed by atoms with E-state index >= 15 is 0 Å². The van der Waals surface area contributed by atoms with Gasteiger partial charge >= 0.3 is 5.97 Å². The first kappa shape index (κ1) is 41.6. The summed E-state index contributed by atoms with van der Waals surface area (Å²) < 4.78 is 23.8. The minimum absolute atomic E-state index is 0.00331. The Morgan fingerprint density at radius 1 is 0.931 bits per heavy atom. The summed E-state index contributed by atoms with van der Waals surface area (Å²) in [5.74, 6) is -3.28. The fraction of sp³-hybridized carbons (Fsp3) is 0.286. The quantitative estimate of drug-likeness (QED) is 0.0160. The van der Waals surface area contributed by atoms with E-state index in [1.165, 1.54) is 32.1 Å². The van der Waals surface area contributed by atoms with E-state index in [-0.39, 0.29) is 76.0 Å². The fourth-order valence-electron chi connectivity index (χ4n) is 7.00. The number of rotatable bonds is 13. The van der Waals surface area contributed by atoms with Crippen molar-refractivity contribution in [3.63, 3.8) is 0 Å². The first-order valence-electron chi connectivity index (χ1n) is 18.4. The molecule has 1 aliphatic heterocycles. The standard InChI is InChI=1S/C42H45N5O11/c1-20-34(50)38(54)39(55-14-13-47-42(45)46)41(56-20)58-30-18-28-33(35(51)27(30)16-23-9-6-10-24(15-23)40(43)44)37(53)31-25(19-48)17-29(57-21(2)49)26(32(31)36(28)52)12-11-22-7-4-3-5-8-22/h3-12,15,17-18,20,34,38-41,48,50-51,54H,13-14,16,19,43-44H2,1-2H3,(H4,45,46,47)/t20-,34-,38-,39-,41-/m1/s1. The molecule has 0 saturated carbocycles. The van der Waals surface area contributed by atoms with Crippen LogP contribution in [0.3, 0.4) is 0 Å². The Hall–Kier alpha value is -5.98. The molecule has 0 spiro atoms. The summed E-state index contributed by atoms with van der Waals surface area (Å²) >= 11 is 0. The van der Waals surface area contributed by atoms with Gasteiger partial charge in [-0.05, 0) is 47.4 Å². The average Bonchev–Trinajstić information content (AvgIpc) is 3.19. The number of guanidine groups is 1. The highest BCUT2D eigenvalue weighted by molar-refractivity contribution is 6.31. The topological polar surface area (TPSA) is 285 Å². The zero-order valence-electron chi connectivity index (χ0n) is 31.7. The van der Waals surface area contributed by atoms with Gasteiger partial charge in [-0.15, -0.1) is 0 Å². The number of aromatic hydroxyl groups is 1. The predicted octanol–water partition coefficient (Wildman–Crippen LogP) is 1.77. The van der Waals surface area contributed by atoms with Crippen molar-refractivity contribution in [2.75, 3.05) is 13.2 Å². The molecular formula is C42H45N5O11. The number of aliphatic imine (C=N–C) groups is 1. The second-order valence-corrected chi connectivity index (χ2v) is 13.9. The third-order valence-electron chi connectivity index (χ3n) is 9.81. The number of aliphatic hydroxyl groups excluding tert-OH is 3. The Bertz CT molecular complexity index is 2270. The van der Waals surface area contributed by atoms with Gasteiger partial charge in [-0.25, -0.2) is 0 Å². The summed E-state index contributed by atoms with van der Waals surface area (Å²) in [5, 5.41) is 44.5. The van der Waals surface area contributed by atoms with Crippen molar-refractivity contribution in [3.8, 4) is 17.2 Å². The van der Waals surface area contributed by atoms with Crippen molar-refractivity contribution in [3.05, 3.63) is 122 Å². The maximum Gasteiger partial charge on any atom is 0.308 e. The van der Waals surface area contributed by atoms with Crippen LogP contribution in [0.4, 0.5) is 0 Å². The SMILES string of the molecule is CC(=O)Oc1cc(CO)c2c(c1C=Cc1ccccc1)C(=O)c1cc(O[C@H]3O[C@H](C)[C@@H](O)[C@@H](O)[C@H]3OCCN=C(N)N)c(Cc3cccc(C(N)N)c3)c(O)c1C2=O. The largest absolute Gasteiger partial charge is 0.507 e. The van der Waals surface area contributed by atoms with Crippen molar-refractivity contribution in [2.45, 2.75) is 63.7 Å². The van der Waals surface area contributed by atoms with Crippen LogP contribution in [0.5, 0.6) is 17.2 Å². The summed E-state index contributed by atoms with van der Waals surface area (Å²) in [5.41, 5.74) is 23.7. The number of esters is 1. The van der Waals surface area contributed by atoms with E-state index in [2.05, 4.69) is 4.99 Å². The van der Waals surface area contributed by atoms with Crippen LogP contribution in [-0.4, -0.2) is 87.8 Å². The molecule has 4 aromatic rings. The third kappa shape index (κ3) is 8.63. The molecule has 0 amide bonds. The van der Waals surface area contributed by atoms with Crippen molar-refractivity contribution >= 4 is 35.6 Å². The lowest BCUT2D eigenvalue weighted by Crippen LogP contribution is -2.59. The summed E-state index contributed by atoms with van der Waals surface area (Å²) in [6.07, 6.45) is -4.40. The molecule has 1 aliphatic carbocycles. The van der Waals surface area contributed by atoms with Gasteiger partial charge in [0.15, 0.2) is 17.5 Å². The molecular weight excluding hydrogens is 750 g/mol. The molecule has 1 fully saturated rings. The molecule has 16 nitrogen and oxygen atoms in total. The number of nitrogens with zero attached hydrogens (tertiary/aromatic N) is 1. The Balaban J connectivity index is 1.54. The molecule has 0 bridgehead atoms. The van der Waals surface area contributed by atoms with Crippen LogP contribution < -0.4 is 32.4 Å². The lowest BCUT2D eigenvalue weighted by atomic mass is 9.77. The molecule has 304 valence electrons. The number of aliphatic hydroxyl groups is 3.